The molecule has 19 heavy (non-hydrogen) atoms. The number of nitrogens with one attached hydrogen (secondary N) is 2. The minimum absolute atomic E-state index is 0.632. The molecule has 0 bridgehead atoms. The summed E-state index contributed by atoms with van der Waals surface area (Å²) in [6, 6.07) is 2.04. The second kappa shape index (κ2) is 5.10. The molecule has 3 rings (SSSR count). The number of aromatic nitrogens is 3. The molecule has 7 heteroatoms. The van der Waals surface area contributed by atoms with Crippen molar-refractivity contribution in [3.05, 3.63) is 27.5 Å². The second-order valence-electron chi connectivity index (χ2n) is 4.00. The Hall–Kier alpha value is -1.73. The van der Waals surface area contributed by atoms with E-state index in [2.05, 4.69) is 32.5 Å². The molecule has 0 aliphatic heterocycles. The number of anilines is 2. The van der Waals surface area contributed by atoms with Crippen LogP contribution in [0.3, 0.4) is 0 Å². The lowest BCUT2D eigenvalue weighted by molar-refractivity contribution is 1.07. The molecule has 5 nitrogen and oxygen atoms in total. The Bertz CT molecular complexity index is 703. The van der Waals surface area contributed by atoms with Gasteiger partial charge in [0.15, 0.2) is 0 Å². The summed E-state index contributed by atoms with van der Waals surface area (Å²) in [6.45, 7) is 2.74. The van der Waals surface area contributed by atoms with Crippen molar-refractivity contribution in [3.63, 3.8) is 0 Å². The average molecular weight is 291 g/mol. The van der Waals surface area contributed by atoms with Crippen molar-refractivity contribution < 1.29 is 0 Å². The van der Waals surface area contributed by atoms with Gasteiger partial charge in [0.2, 0.25) is 5.95 Å². The molecule has 3 aromatic rings. The lowest BCUT2D eigenvalue weighted by atomic mass is 10.4. The van der Waals surface area contributed by atoms with Gasteiger partial charge in [0.25, 0.3) is 0 Å². The van der Waals surface area contributed by atoms with Gasteiger partial charge in [-0.05, 0) is 18.4 Å². The van der Waals surface area contributed by atoms with Gasteiger partial charge < -0.3 is 10.6 Å². The molecule has 3 heterocycles. The van der Waals surface area contributed by atoms with E-state index in [1.165, 1.54) is 4.88 Å². The summed E-state index contributed by atoms with van der Waals surface area (Å²) in [6.07, 6.45) is 1.89. The first kappa shape index (κ1) is 12.3. The van der Waals surface area contributed by atoms with Crippen molar-refractivity contribution >= 4 is 44.7 Å². The van der Waals surface area contributed by atoms with Crippen molar-refractivity contribution in [1.29, 1.82) is 0 Å². The van der Waals surface area contributed by atoms with Crippen LogP contribution in [-0.4, -0.2) is 22.0 Å². The second-order valence-corrected chi connectivity index (χ2v) is 6.22. The Labute approximate surface area is 118 Å². The van der Waals surface area contributed by atoms with Gasteiger partial charge in [-0.1, -0.05) is 0 Å². The van der Waals surface area contributed by atoms with Gasteiger partial charge in [-0.25, -0.2) is 9.97 Å². The fraction of sp³-hybridized carbons (Fsp3) is 0.250. The Morgan fingerprint density at radius 1 is 1.32 bits per heavy atom. The first-order valence-corrected chi connectivity index (χ1v) is 7.54. The lowest BCUT2D eigenvalue weighted by Gasteiger charge is -2.07. The van der Waals surface area contributed by atoms with Crippen LogP contribution < -0.4 is 10.6 Å². The van der Waals surface area contributed by atoms with Crippen molar-refractivity contribution in [2.75, 3.05) is 17.7 Å². The third-order valence-electron chi connectivity index (χ3n) is 2.62. The highest BCUT2D eigenvalue weighted by Crippen LogP contribution is 2.26. The van der Waals surface area contributed by atoms with Crippen LogP contribution in [-0.2, 0) is 6.54 Å². The highest BCUT2D eigenvalue weighted by molar-refractivity contribution is 7.16. The molecule has 0 spiro atoms. The minimum atomic E-state index is 0.632. The standard InChI is InChI=1S/C12H13N5S2/c1-7-5-14-9(19-7)6-15-10-8-3-4-18-11(8)17-12(13-2)16-10/h3-5H,6H2,1-2H3,(H2,13,15,16,17). The van der Waals surface area contributed by atoms with E-state index >= 15 is 0 Å². The monoisotopic (exact) mass is 291 g/mol. The number of thiazole rings is 1. The summed E-state index contributed by atoms with van der Waals surface area (Å²) < 4.78 is 0. The van der Waals surface area contributed by atoms with Gasteiger partial charge in [0, 0.05) is 18.1 Å². The van der Waals surface area contributed by atoms with E-state index in [0.717, 1.165) is 21.0 Å². The van der Waals surface area contributed by atoms with Crippen molar-refractivity contribution in [3.8, 4) is 0 Å². The van der Waals surface area contributed by atoms with Gasteiger partial charge in [0.1, 0.15) is 15.7 Å². The molecule has 0 fully saturated rings. The molecule has 0 saturated heterocycles. The SMILES string of the molecule is CNc1nc(NCc2ncc(C)s2)c2ccsc2n1. The maximum absolute atomic E-state index is 4.46. The molecule has 0 unspecified atom stereocenters. The topological polar surface area (TPSA) is 62.7 Å². The number of hydrogen-bond donors (Lipinski definition) is 2. The number of rotatable bonds is 4. The Kier molecular flexibility index (Phi) is 3.31. The molecule has 0 atom stereocenters. The van der Waals surface area contributed by atoms with Crippen molar-refractivity contribution in [2.24, 2.45) is 0 Å². The average Bonchev–Trinajstić information content (AvgIpc) is 3.04. The predicted octanol–water partition coefficient (Wildman–Crippen LogP) is 3.11. The molecular formula is C12H13N5S2. The fourth-order valence-corrected chi connectivity index (χ4v) is 3.24. The predicted molar refractivity (Wildman–Crippen MR) is 81.1 cm³/mol. The van der Waals surface area contributed by atoms with E-state index in [0.29, 0.717) is 12.5 Å². The summed E-state index contributed by atoms with van der Waals surface area (Å²) in [4.78, 5) is 15.4. The van der Waals surface area contributed by atoms with Gasteiger partial charge >= 0.3 is 0 Å². The number of hydrogen-bond acceptors (Lipinski definition) is 7. The zero-order valence-electron chi connectivity index (χ0n) is 10.6. The Morgan fingerprint density at radius 3 is 2.95 bits per heavy atom. The van der Waals surface area contributed by atoms with Gasteiger partial charge in [-0.3, -0.25) is 0 Å². The zero-order valence-corrected chi connectivity index (χ0v) is 12.2. The van der Waals surface area contributed by atoms with E-state index in [1.54, 1.807) is 22.7 Å². The van der Waals surface area contributed by atoms with Crippen molar-refractivity contribution in [2.45, 2.75) is 13.5 Å². The quantitative estimate of drug-likeness (QED) is 0.773. The van der Waals surface area contributed by atoms with Crippen LogP contribution in [0.1, 0.15) is 9.88 Å². The number of thiophene rings is 1. The fourth-order valence-electron chi connectivity index (χ4n) is 1.74. The molecule has 0 aliphatic carbocycles. The molecular weight excluding hydrogens is 278 g/mol. The molecule has 98 valence electrons. The van der Waals surface area contributed by atoms with Crippen LogP contribution in [0.5, 0.6) is 0 Å². The van der Waals surface area contributed by atoms with E-state index in [4.69, 9.17) is 0 Å². The van der Waals surface area contributed by atoms with E-state index in [9.17, 15) is 0 Å². The molecule has 0 aromatic carbocycles. The number of fused-ring (bicyclic) bond motifs is 1. The summed E-state index contributed by atoms with van der Waals surface area (Å²) >= 11 is 3.31. The molecule has 0 amide bonds. The van der Waals surface area contributed by atoms with E-state index in [1.807, 2.05) is 24.7 Å². The normalized spacial score (nSPS) is 10.8. The van der Waals surface area contributed by atoms with E-state index < -0.39 is 0 Å². The largest absolute Gasteiger partial charge is 0.363 e. The lowest BCUT2D eigenvalue weighted by Crippen LogP contribution is -2.04. The Morgan fingerprint density at radius 2 is 2.21 bits per heavy atom. The molecule has 0 aliphatic rings. The maximum atomic E-state index is 4.46. The smallest absolute Gasteiger partial charge is 0.225 e. The minimum Gasteiger partial charge on any atom is -0.363 e. The highest BCUT2D eigenvalue weighted by atomic mass is 32.1. The zero-order chi connectivity index (χ0) is 13.2. The molecule has 2 N–H and O–H groups in total. The highest BCUT2D eigenvalue weighted by Gasteiger charge is 2.08. The van der Waals surface area contributed by atoms with Crippen LogP contribution in [0, 0.1) is 6.92 Å². The molecule has 3 aromatic heterocycles. The molecule has 0 radical (unpaired) electrons. The summed E-state index contributed by atoms with van der Waals surface area (Å²) in [5.41, 5.74) is 0. The number of aryl methyl sites for hydroxylation is 1. The van der Waals surface area contributed by atoms with Gasteiger partial charge in [-0.2, -0.15) is 4.98 Å². The van der Waals surface area contributed by atoms with Crippen LogP contribution in [0.2, 0.25) is 0 Å². The van der Waals surface area contributed by atoms with Crippen molar-refractivity contribution in [1.82, 2.24) is 15.0 Å². The Balaban J connectivity index is 1.88. The summed E-state index contributed by atoms with van der Waals surface area (Å²) in [5.74, 6) is 1.48. The number of nitrogens with zero attached hydrogens (tertiary/aromatic N) is 3. The first-order chi connectivity index (χ1) is 9.26. The van der Waals surface area contributed by atoms with Crippen LogP contribution in [0.4, 0.5) is 11.8 Å². The maximum Gasteiger partial charge on any atom is 0.225 e. The summed E-state index contributed by atoms with van der Waals surface area (Å²) in [5, 5.41) is 10.5. The van der Waals surface area contributed by atoms with Gasteiger partial charge in [-0.15, -0.1) is 22.7 Å². The third-order valence-corrected chi connectivity index (χ3v) is 4.34. The summed E-state index contributed by atoms with van der Waals surface area (Å²) in [7, 11) is 1.82. The van der Waals surface area contributed by atoms with Gasteiger partial charge in [0.05, 0.1) is 11.9 Å². The van der Waals surface area contributed by atoms with Crippen LogP contribution >= 0.6 is 22.7 Å². The van der Waals surface area contributed by atoms with Crippen LogP contribution in [0.25, 0.3) is 10.2 Å². The first-order valence-electron chi connectivity index (χ1n) is 5.84. The van der Waals surface area contributed by atoms with Crippen LogP contribution in [0.15, 0.2) is 17.6 Å². The molecule has 0 saturated carbocycles. The third kappa shape index (κ3) is 2.52. The van der Waals surface area contributed by atoms with E-state index in [-0.39, 0.29) is 0 Å².